The summed E-state index contributed by atoms with van der Waals surface area (Å²) in [4.78, 5) is 23.9. The molecule has 0 saturated heterocycles. The highest BCUT2D eigenvalue weighted by atomic mass is 16.6. The topological polar surface area (TPSA) is 72.8 Å². The van der Waals surface area contributed by atoms with E-state index in [-0.39, 0.29) is 25.2 Å². The van der Waals surface area contributed by atoms with E-state index in [0.717, 1.165) is 38.5 Å². The van der Waals surface area contributed by atoms with E-state index in [1.165, 1.54) is 154 Å². The largest absolute Gasteiger partial charge is 0.463 e. The number of rotatable bonds is 37. The first-order valence-electron chi connectivity index (χ1n) is 20.2. The maximum atomic E-state index is 12.0. The summed E-state index contributed by atoms with van der Waals surface area (Å²) < 4.78 is 10.3. The zero-order valence-corrected chi connectivity index (χ0v) is 30.9. The lowest BCUT2D eigenvalue weighted by Crippen LogP contribution is -2.25. The van der Waals surface area contributed by atoms with Gasteiger partial charge in [0, 0.05) is 12.8 Å². The number of hydrogen-bond donors (Lipinski definition) is 1. The van der Waals surface area contributed by atoms with Crippen molar-refractivity contribution in [2.45, 2.75) is 225 Å². The third kappa shape index (κ3) is 37.1. The van der Waals surface area contributed by atoms with Crippen molar-refractivity contribution in [2.24, 2.45) is 0 Å². The molecule has 0 aromatic carbocycles. The number of carbonyl (C=O) groups excluding carboxylic acids is 2. The smallest absolute Gasteiger partial charge is 0.305 e. The van der Waals surface area contributed by atoms with Gasteiger partial charge >= 0.3 is 11.9 Å². The molecule has 0 aliphatic rings. The average Bonchev–Trinajstić information content (AvgIpc) is 3.06. The Morgan fingerprint density at radius 1 is 0.435 bits per heavy atom. The SMILES string of the molecule is CCCCCCCC/C=C/CCCCCCCC(=O)OCC(O)COC(=O)CCCCCCCCCCCCCCCCCCC. The van der Waals surface area contributed by atoms with Crippen LogP contribution in [0.25, 0.3) is 0 Å². The second-order valence-electron chi connectivity index (χ2n) is 13.8. The number of aliphatic hydroxyl groups is 1. The molecule has 1 atom stereocenters. The molecule has 5 nitrogen and oxygen atoms in total. The number of allylic oxidation sites excluding steroid dienone is 2. The molecule has 0 aliphatic carbocycles. The van der Waals surface area contributed by atoms with Crippen molar-refractivity contribution in [1.29, 1.82) is 0 Å². The molecule has 0 amide bonds. The molecule has 272 valence electrons. The third-order valence-electron chi connectivity index (χ3n) is 9.00. The Hall–Kier alpha value is -1.36. The van der Waals surface area contributed by atoms with E-state index < -0.39 is 6.10 Å². The van der Waals surface area contributed by atoms with Crippen molar-refractivity contribution in [1.82, 2.24) is 0 Å². The molecular weight excluding hydrogens is 572 g/mol. The van der Waals surface area contributed by atoms with Crippen molar-refractivity contribution in [3.63, 3.8) is 0 Å². The van der Waals surface area contributed by atoms with Gasteiger partial charge in [-0.1, -0.05) is 180 Å². The van der Waals surface area contributed by atoms with Crippen LogP contribution in [0.15, 0.2) is 12.2 Å². The lowest BCUT2D eigenvalue weighted by molar-refractivity contribution is -0.152. The monoisotopic (exact) mass is 651 g/mol. The summed E-state index contributed by atoms with van der Waals surface area (Å²) in [6, 6.07) is 0. The van der Waals surface area contributed by atoms with Crippen LogP contribution in [0.4, 0.5) is 0 Å². The molecule has 0 saturated carbocycles. The zero-order chi connectivity index (χ0) is 33.6. The number of esters is 2. The Morgan fingerprint density at radius 2 is 0.696 bits per heavy atom. The predicted octanol–water partition coefficient (Wildman–Crippen LogP) is 12.5. The predicted molar refractivity (Wildman–Crippen MR) is 196 cm³/mol. The van der Waals surface area contributed by atoms with Crippen molar-refractivity contribution in [2.75, 3.05) is 13.2 Å². The van der Waals surface area contributed by atoms with Gasteiger partial charge in [-0.05, 0) is 38.5 Å². The van der Waals surface area contributed by atoms with Gasteiger partial charge in [-0.3, -0.25) is 9.59 Å². The standard InChI is InChI=1S/C41H78O5/c1-3-5-7-9-11-13-15-17-19-20-22-24-26-28-30-32-34-36-41(44)46-38-39(42)37-45-40(43)35-33-31-29-27-25-23-21-18-16-14-12-10-8-6-4-2/h18,21,39,42H,3-17,19-20,22-38H2,1-2H3/b21-18+. The highest BCUT2D eigenvalue weighted by Gasteiger charge is 2.12. The van der Waals surface area contributed by atoms with E-state index in [4.69, 9.17) is 9.47 Å². The van der Waals surface area contributed by atoms with E-state index >= 15 is 0 Å². The molecule has 5 heteroatoms. The van der Waals surface area contributed by atoms with Gasteiger partial charge in [0.25, 0.3) is 0 Å². The fraction of sp³-hybridized carbons (Fsp3) is 0.902. The zero-order valence-electron chi connectivity index (χ0n) is 30.9. The van der Waals surface area contributed by atoms with Gasteiger partial charge in [-0.2, -0.15) is 0 Å². The van der Waals surface area contributed by atoms with Crippen LogP contribution in [0, 0.1) is 0 Å². The van der Waals surface area contributed by atoms with E-state index in [9.17, 15) is 14.7 Å². The second-order valence-corrected chi connectivity index (χ2v) is 13.8. The van der Waals surface area contributed by atoms with E-state index in [0.29, 0.717) is 12.8 Å². The van der Waals surface area contributed by atoms with Crippen LogP contribution in [0.5, 0.6) is 0 Å². The minimum absolute atomic E-state index is 0.113. The normalized spacial score (nSPS) is 12.2. The molecule has 0 aromatic rings. The molecule has 0 aromatic heterocycles. The summed E-state index contributed by atoms with van der Waals surface area (Å²) in [5, 5.41) is 10.0. The summed E-state index contributed by atoms with van der Waals surface area (Å²) in [6.45, 7) is 4.31. The van der Waals surface area contributed by atoms with Crippen LogP contribution in [0.2, 0.25) is 0 Å². The van der Waals surface area contributed by atoms with Gasteiger partial charge < -0.3 is 14.6 Å². The van der Waals surface area contributed by atoms with Gasteiger partial charge in [-0.25, -0.2) is 0 Å². The Bertz CT molecular complexity index is 661. The molecule has 1 unspecified atom stereocenters. The first-order valence-corrected chi connectivity index (χ1v) is 20.2. The average molecular weight is 651 g/mol. The Balaban J connectivity index is 3.40. The van der Waals surface area contributed by atoms with Crippen molar-refractivity contribution < 1.29 is 24.2 Å². The summed E-state index contributed by atoms with van der Waals surface area (Å²) in [5.74, 6) is -0.564. The molecule has 0 aliphatic heterocycles. The van der Waals surface area contributed by atoms with E-state index in [1.807, 2.05) is 0 Å². The fourth-order valence-electron chi connectivity index (χ4n) is 5.91. The fourth-order valence-corrected chi connectivity index (χ4v) is 5.91. The van der Waals surface area contributed by atoms with Gasteiger partial charge in [0.1, 0.15) is 19.3 Å². The van der Waals surface area contributed by atoms with E-state index in [2.05, 4.69) is 26.0 Å². The maximum Gasteiger partial charge on any atom is 0.305 e. The molecular formula is C41H78O5. The van der Waals surface area contributed by atoms with Crippen molar-refractivity contribution in [3.05, 3.63) is 12.2 Å². The quantitative estimate of drug-likeness (QED) is 0.0411. The first kappa shape index (κ1) is 44.6. The minimum atomic E-state index is -0.961. The molecule has 0 bridgehead atoms. The number of hydrogen-bond acceptors (Lipinski definition) is 5. The Kier molecular flexibility index (Phi) is 37.0. The number of unbranched alkanes of at least 4 members (excludes halogenated alkanes) is 27. The van der Waals surface area contributed by atoms with Crippen LogP contribution >= 0.6 is 0 Å². The van der Waals surface area contributed by atoms with Crippen LogP contribution in [0.1, 0.15) is 219 Å². The summed E-state index contributed by atoms with van der Waals surface area (Å²) in [6.07, 6.45) is 42.7. The van der Waals surface area contributed by atoms with Crippen LogP contribution < -0.4 is 0 Å². The lowest BCUT2D eigenvalue weighted by atomic mass is 10.0. The molecule has 0 fully saturated rings. The highest BCUT2D eigenvalue weighted by Crippen LogP contribution is 2.15. The van der Waals surface area contributed by atoms with Crippen LogP contribution in [-0.4, -0.2) is 36.4 Å². The first-order chi connectivity index (χ1) is 22.6. The maximum absolute atomic E-state index is 12.0. The molecule has 0 heterocycles. The summed E-state index contributed by atoms with van der Waals surface area (Å²) in [7, 11) is 0. The molecule has 0 radical (unpaired) electrons. The highest BCUT2D eigenvalue weighted by molar-refractivity contribution is 5.69. The Morgan fingerprint density at radius 3 is 1.00 bits per heavy atom. The second kappa shape index (κ2) is 38.1. The van der Waals surface area contributed by atoms with Crippen LogP contribution in [0.3, 0.4) is 0 Å². The van der Waals surface area contributed by atoms with Crippen LogP contribution in [-0.2, 0) is 19.1 Å². The lowest BCUT2D eigenvalue weighted by Gasteiger charge is -2.12. The minimum Gasteiger partial charge on any atom is -0.463 e. The molecule has 0 rings (SSSR count). The van der Waals surface area contributed by atoms with Gasteiger partial charge in [-0.15, -0.1) is 0 Å². The number of carbonyl (C=O) groups is 2. The van der Waals surface area contributed by atoms with Gasteiger partial charge in [0.2, 0.25) is 0 Å². The van der Waals surface area contributed by atoms with E-state index in [1.54, 1.807) is 0 Å². The number of ether oxygens (including phenoxy) is 2. The Labute approximate surface area is 286 Å². The van der Waals surface area contributed by atoms with Gasteiger partial charge in [0.05, 0.1) is 0 Å². The third-order valence-corrected chi connectivity index (χ3v) is 9.00. The summed E-state index contributed by atoms with van der Waals surface area (Å²) >= 11 is 0. The molecule has 46 heavy (non-hydrogen) atoms. The molecule has 1 N–H and O–H groups in total. The van der Waals surface area contributed by atoms with Crippen molar-refractivity contribution in [3.8, 4) is 0 Å². The summed E-state index contributed by atoms with van der Waals surface area (Å²) in [5.41, 5.74) is 0. The molecule has 0 spiro atoms. The van der Waals surface area contributed by atoms with Crippen molar-refractivity contribution >= 4 is 11.9 Å². The van der Waals surface area contributed by atoms with Gasteiger partial charge in [0.15, 0.2) is 0 Å². The number of aliphatic hydroxyl groups excluding tert-OH is 1.